The van der Waals surface area contributed by atoms with Crippen molar-refractivity contribution in [3.63, 3.8) is 0 Å². The van der Waals surface area contributed by atoms with Gasteiger partial charge in [-0.1, -0.05) is 6.92 Å². The first-order chi connectivity index (χ1) is 6.83. The Bertz CT molecular complexity index is 379. The van der Waals surface area contributed by atoms with Crippen LogP contribution in [-0.4, -0.2) is 17.6 Å². The Kier molecular flexibility index (Phi) is 2.47. The van der Waals surface area contributed by atoms with E-state index in [2.05, 4.69) is 23.3 Å². The predicted octanol–water partition coefficient (Wildman–Crippen LogP) is 1.03. The Morgan fingerprint density at radius 1 is 1.64 bits per heavy atom. The van der Waals surface area contributed by atoms with Gasteiger partial charge < -0.3 is 5.32 Å². The standard InChI is InChI=1S/C11H13N3/c1-2-13-10-4-9-3-8(6-12)7-14-11(9)5-10/h3,7,10,13H,2,4-5H2,1H3/t10-/m0/s1. The molecule has 0 bridgehead atoms. The second-order valence-electron chi connectivity index (χ2n) is 3.60. The van der Waals surface area contributed by atoms with Gasteiger partial charge >= 0.3 is 0 Å². The molecule has 2 rings (SSSR count). The van der Waals surface area contributed by atoms with Gasteiger partial charge in [0.15, 0.2) is 0 Å². The van der Waals surface area contributed by atoms with Gasteiger partial charge in [0.2, 0.25) is 0 Å². The van der Waals surface area contributed by atoms with Gasteiger partial charge in [-0.05, 0) is 24.6 Å². The van der Waals surface area contributed by atoms with E-state index in [4.69, 9.17) is 5.26 Å². The molecule has 0 saturated carbocycles. The van der Waals surface area contributed by atoms with E-state index >= 15 is 0 Å². The van der Waals surface area contributed by atoms with Crippen LogP contribution in [0.3, 0.4) is 0 Å². The highest BCUT2D eigenvalue weighted by Crippen LogP contribution is 2.20. The number of aromatic nitrogens is 1. The van der Waals surface area contributed by atoms with Gasteiger partial charge in [-0.2, -0.15) is 5.26 Å². The molecule has 3 heteroatoms. The molecule has 0 aliphatic heterocycles. The topological polar surface area (TPSA) is 48.7 Å². The molecule has 0 spiro atoms. The monoisotopic (exact) mass is 187 g/mol. The molecule has 1 aliphatic carbocycles. The van der Waals surface area contributed by atoms with Crippen LogP contribution in [-0.2, 0) is 12.8 Å². The molecule has 1 heterocycles. The van der Waals surface area contributed by atoms with E-state index in [9.17, 15) is 0 Å². The molecule has 0 aromatic carbocycles. The van der Waals surface area contributed by atoms with Gasteiger partial charge in [0.25, 0.3) is 0 Å². The lowest BCUT2D eigenvalue weighted by molar-refractivity contribution is 0.550. The molecule has 1 aromatic rings. The summed E-state index contributed by atoms with van der Waals surface area (Å²) in [7, 11) is 0. The lowest BCUT2D eigenvalue weighted by Gasteiger charge is -2.07. The number of nitriles is 1. The van der Waals surface area contributed by atoms with Gasteiger partial charge in [-0.25, -0.2) is 0 Å². The van der Waals surface area contributed by atoms with Crippen LogP contribution in [0.25, 0.3) is 0 Å². The van der Waals surface area contributed by atoms with Crippen molar-refractivity contribution in [2.75, 3.05) is 6.54 Å². The van der Waals surface area contributed by atoms with Gasteiger partial charge in [-0.3, -0.25) is 4.98 Å². The maximum atomic E-state index is 8.73. The molecule has 3 nitrogen and oxygen atoms in total. The second-order valence-corrected chi connectivity index (χ2v) is 3.60. The highest BCUT2D eigenvalue weighted by molar-refractivity contribution is 5.36. The van der Waals surface area contributed by atoms with Gasteiger partial charge in [-0.15, -0.1) is 0 Å². The largest absolute Gasteiger partial charge is 0.314 e. The third-order valence-electron chi connectivity index (χ3n) is 2.59. The number of hydrogen-bond donors (Lipinski definition) is 1. The summed E-state index contributed by atoms with van der Waals surface area (Å²) >= 11 is 0. The van der Waals surface area contributed by atoms with Crippen molar-refractivity contribution in [1.29, 1.82) is 5.26 Å². The van der Waals surface area contributed by atoms with Gasteiger partial charge in [0, 0.05) is 24.4 Å². The Morgan fingerprint density at radius 3 is 3.21 bits per heavy atom. The molecule has 0 saturated heterocycles. The Labute approximate surface area is 83.8 Å². The van der Waals surface area contributed by atoms with E-state index in [-0.39, 0.29) is 0 Å². The first-order valence-corrected chi connectivity index (χ1v) is 4.94. The molecular weight excluding hydrogens is 174 g/mol. The lowest BCUT2D eigenvalue weighted by atomic mass is 10.1. The summed E-state index contributed by atoms with van der Waals surface area (Å²) in [5, 5.41) is 12.1. The number of nitrogens with zero attached hydrogens (tertiary/aromatic N) is 2. The molecule has 0 unspecified atom stereocenters. The predicted molar refractivity (Wildman–Crippen MR) is 53.8 cm³/mol. The van der Waals surface area contributed by atoms with E-state index in [1.807, 2.05) is 6.07 Å². The van der Waals surface area contributed by atoms with Crippen molar-refractivity contribution in [1.82, 2.24) is 10.3 Å². The Morgan fingerprint density at radius 2 is 2.50 bits per heavy atom. The smallest absolute Gasteiger partial charge is 0.101 e. The van der Waals surface area contributed by atoms with Crippen molar-refractivity contribution < 1.29 is 0 Å². The second kappa shape index (κ2) is 3.77. The van der Waals surface area contributed by atoms with Crippen molar-refractivity contribution in [2.45, 2.75) is 25.8 Å². The summed E-state index contributed by atoms with van der Waals surface area (Å²) in [5.41, 5.74) is 3.05. The lowest BCUT2D eigenvalue weighted by Crippen LogP contribution is -2.29. The van der Waals surface area contributed by atoms with E-state index in [1.165, 1.54) is 5.56 Å². The van der Waals surface area contributed by atoms with Gasteiger partial charge in [0.1, 0.15) is 6.07 Å². The fourth-order valence-corrected chi connectivity index (χ4v) is 1.96. The summed E-state index contributed by atoms with van der Waals surface area (Å²) in [6.45, 7) is 3.10. The number of nitrogens with one attached hydrogen (secondary N) is 1. The quantitative estimate of drug-likeness (QED) is 0.752. The first-order valence-electron chi connectivity index (χ1n) is 4.94. The third-order valence-corrected chi connectivity index (χ3v) is 2.59. The number of rotatable bonds is 2. The maximum Gasteiger partial charge on any atom is 0.101 e. The average molecular weight is 187 g/mol. The number of hydrogen-bond acceptors (Lipinski definition) is 3. The highest BCUT2D eigenvalue weighted by atomic mass is 14.9. The van der Waals surface area contributed by atoms with E-state index in [0.717, 1.165) is 25.1 Å². The zero-order valence-electron chi connectivity index (χ0n) is 8.25. The van der Waals surface area contributed by atoms with E-state index < -0.39 is 0 Å². The maximum absolute atomic E-state index is 8.73. The summed E-state index contributed by atoms with van der Waals surface area (Å²) in [6.07, 6.45) is 3.66. The van der Waals surface area contributed by atoms with Crippen LogP contribution in [0, 0.1) is 11.3 Å². The minimum Gasteiger partial charge on any atom is -0.314 e. The van der Waals surface area contributed by atoms with Crippen molar-refractivity contribution >= 4 is 0 Å². The minimum absolute atomic E-state index is 0.511. The Balaban J connectivity index is 2.19. The fraction of sp³-hybridized carbons (Fsp3) is 0.455. The zero-order valence-corrected chi connectivity index (χ0v) is 8.25. The molecule has 0 fully saturated rings. The first kappa shape index (κ1) is 9.17. The minimum atomic E-state index is 0.511. The van der Waals surface area contributed by atoms with Crippen LogP contribution < -0.4 is 5.32 Å². The van der Waals surface area contributed by atoms with E-state index in [0.29, 0.717) is 11.6 Å². The summed E-state index contributed by atoms with van der Waals surface area (Å²) in [4.78, 5) is 4.30. The van der Waals surface area contributed by atoms with E-state index in [1.54, 1.807) is 6.20 Å². The van der Waals surface area contributed by atoms with Crippen LogP contribution in [0.15, 0.2) is 12.3 Å². The highest BCUT2D eigenvalue weighted by Gasteiger charge is 2.21. The van der Waals surface area contributed by atoms with Crippen molar-refractivity contribution in [3.8, 4) is 6.07 Å². The fourth-order valence-electron chi connectivity index (χ4n) is 1.96. The summed E-state index contributed by atoms with van der Waals surface area (Å²) < 4.78 is 0. The molecule has 14 heavy (non-hydrogen) atoms. The SMILES string of the molecule is CCN[C@H]1Cc2cc(C#N)cnc2C1. The van der Waals surface area contributed by atoms with Crippen LogP contribution in [0.4, 0.5) is 0 Å². The molecule has 72 valence electrons. The molecule has 1 aliphatic rings. The van der Waals surface area contributed by atoms with Gasteiger partial charge in [0.05, 0.1) is 5.56 Å². The number of likely N-dealkylation sites (N-methyl/N-ethyl adjacent to an activating group) is 1. The molecule has 0 radical (unpaired) electrons. The van der Waals surface area contributed by atoms with Crippen LogP contribution >= 0.6 is 0 Å². The molecular formula is C11H13N3. The summed E-state index contributed by atoms with van der Waals surface area (Å²) in [6, 6.07) is 4.59. The van der Waals surface area contributed by atoms with Crippen molar-refractivity contribution in [2.24, 2.45) is 0 Å². The molecule has 1 aromatic heterocycles. The van der Waals surface area contributed by atoms with Crippen LogP contribution in [0.1, 0.15) is 23.7 Å². The number of pyridine rings is 1. The summed E-state index contributed by atoms with van der Waals surface area (Å²) in [5.74, 6) is 0. The third kappa shape index (κ3) is 1.61. The number of fused-ring (bicyclic) bond motifs is 1. The van der Waals surface area contributed by atoms with Crippen LogP contribution in [0.2, 0.25) is 0 Å². The molecule has 1 atom stereocenters. The average Bonchev–Trinajstić information content (AvgIpc) is 2.59. The van der Waals surface area contributed by atoms with Crippen molar-refractivity contribution in [3.05, 3.63) is 29.1 Å². The zero-order chi connectivity index (χ0) is 9.97. The normalized spacial score (nSPS) is 19.0. The molecule has 1 N–H and O–H groups in total. The Hall–Kier alpha value is -1.40. The molecule has 0 amide bonds. The van der Waals surface area contributed by atoms with Crippen LogP contribution in [0.5, 0.6) is 0 Å².